The van der Waals surface area contributed by atoms with E-state index in [4.69, 9.17) is 5.73 Å². The van der Waals surface area contributed by atoms with Crippen molar-refractivity contribution < 1.29 is 0 Å². The molecule has 0 spiro atoms. The number of nitrogens with two attached hydrogens (primary N) is 1. The third kappa shape index (κ3) is 5.25. The van der Waals surface area contributed by atoms with E-state index in [1.807, 2.05) is 29.2 Å². The van der Waals surface area contributed by atoms with Gasteiger partial charge in [0.05, 0.1) is 6.54 Å². The second kappa shape index (κ2) is 8.74. The molecule has 0 aromatic heterocycles. The average Bonchev–Trinajstić information content (AvgIpc) is 2.29. The monoisotopic (exact) mass is 411 g/mol. The van der Waals surface area contributed by atoms with Crippen LogP contribution >= 0.6 is 39.9 Å². The number of hydrogen-bond donors (Lipinski definition) is 1. The van der Waals surface area contributed by atoms with Crippen molar-refractivity contribution in [1.82, 2.24) is 4.90 Å². The van der Waals surface area contributed by atoms with Crippen LogP contribution in [-0.2, 0) is 6.54 Å². The van der Waals surface area contributed by atoms with Crippen LogP contribution in [0.5, 0.6) is 0 Å². The predicted molar refractivity (Wildman–Crippen MR) is 87.8 cm³/mol. The first-order valence-electron chi connectivity index (χ1n) is 5.47. The first-order valence-corrected chi connectivity index (χ1v) is 6.26. The molecule has 1 rings (SSSR count). The molecular formula is C12H19BrIN3. The van der Waals surface area contributed by atoms with Crippen molar-refractivity contribution >= 4 is 45.9 Å². The maximum absolute atomic E-state index is 5.90. The second-order valence-corrected chi connectivity index (χ2v) is 4.29. The molecule has 0 saturated heterocycles. The molecule has 0 aliphatic heterocycles. The number of nitrogens with zero attached hydrogens (tertiary/aromatic N) is 2. The van der Waals surface area contributed by atoms with Crippen LogP contribution in [0.15, 0.2) is 33.7 Å². The van der Waals surface area contributed by atoms with Gasteiger partial charge in [-0.25, -0.2) is 4.99 Å². The van der Waals surface area contributed by atoms with Crippen LogP contribution in [0.1, 0.15) is 19.4 Å². The van der Waals surface area contributed by atoms with Gasteiger partial charge in [-0.2, -0.15) is 0 Å². The van der Waals surface area contributed by atoms with E-state index < -0.39 is 0 Å². The Morgan fingerprint density at radius 2 is 1.88 bits per heavy atom. The van der Waals surface area contributed by atoms with E-state index in [0.29, 0.717) is 12.5 Å². The largest absolute Gasteiger partial charge is 0.370 e. The maximum atomic E-state index is 5.90. The summed E-state index contributed by atoms with van der Waals surface area (Å²) in [6, 6.07) is 8.05. The molecule has 0 amide bonds. The van der Waals surface area contributed by atoms with Crippen molar-refractivity contribution in [3.05, 3.63) is 34.3 Å². The molecule has 0 bridgehead atoms. The van der Waals surface area contributed by atoms with Gasteiger partial charge in [0.25, 0.3) is 0 Å². The van der Waals surface area contributed by atoms with E-state index in [0.717, 1.165) is 23.1 Å². The molecule has 0 unspecified atom stereocenters. The van der Waals surface area contributed by atoms with E-state index in [1.54, 1.807) is 0 Å². The summed E-state index contributed by atoms with van der Waals surface area (Å²) in [6.07, 6.45) is 0. The van der Waals surface area contributed by atoms with Gasteiger partial charge >= 0.3 is 0 Å². The third-order valence-electron chi connectivity index (χ3n) is 2.46. The molecule has 1 aromatic carbocycles. The number of aliphatic imine (C=N–C) groups is 1. The summed E-state index contributed by atoms with van der Waals surface area (Å²) in [6.45, 7) is 6.54. The Hall–Kier alpha value is -0.300. The zero-order valence-corrected chi connectivity index (χ0v) is 14.1. The minimum absolute atomic E-state index is 0. The third-order valence-corrected chi connectivity index (χ3v) is 3.23. The lowest BCUT2D eigenvalue weighted by Gasteiger charge is -2.19. The number of benzene rings is 1. The summed E-state index contributed by atoms with van der Waals surface area (Å²) < 4.78 is 1.08. The van der Waals surface area contributed by atoms with Crippen molar-refractivity contribution in [3.63, 3.8) is 0 Å². The predicted octanol–water partition coefficient (Wildman–Crippen LogP) is 3.22. The maximum Gasteiger partial charge on any atom is 0.191 e. The highest BCUT2D eigenvalue weighted by Crippen LogP contribution is 2.16. The highest BCUT2D eigenvalue weighted by atomic mass is 127. The molecule has 0 atom stereocenters. The van der Waals surface area contributed by atoms with Crippen LogP contribution in [-0.4, -0.2) is 23.9 Å². The Morgan fingerprint density at radius 1 is 1.29 bits per heavy atom. The fourth-order valence-corrected chi connectivity index (χ4v) is 1.85. The lowest BCUT2D eigenvalue weighted by molar-refractivity contribution is 0.458. The van der Waals surface area contributed by atoms with E-state index in [9.17, 15) is 0 Å². The molecule has 3 nitrogen and oxygen atoms in total. The molecule has 1 aromatic rings. The fourth-order valence-electron chi connectivity index (χ4n) is 1.44. The molecule has 0 radical (unpaired) electrons. The van der Waals surface area contributed by atoms with E-state index in [1.165, 1.54) is 0 Å². The molecular weight excluding hydrogens is 393 g/mol. The van der Waals surface area contributed by atoms with Gasteiger partial charge in [0.2, 0.25) is 0 Å². The molecule has 2 N–H and O–H groups in total. The highest BCUT2D eigenvalue weighted by Gasteiger charge is 2.02. The lowest BCUT2D eigenvalue weighted by Crippen LogP contribution is -2.37. The van der Waals surface area contributed by atoms with E-state index in [-0.39, 0.29) is 24.0 Å². The second-order valence-electron chi connectivity index (χ2n) is 3.44. The summed E-state index contributed by atoms with van der Waals surface area (Å²) in [7, 11) is 0. The Balaban J connectivity index is 0.00000256. The first-order chi connectivity index (χ1) is 7.69. The number of halogens is 2. The minimum atomic E-state index is 0. The fraction of sp³-hybridized carbons (Fsp3) is 0.417. The van der Waals surface area contributed by atoms with Crippen molar-refractivity contribution in [2.75, 3.05) is 13.1 Å². The Labute approximate surface area is 129 Å². The van der Waals surface area contributed by atoms with Crippen LogP contribution in [0.3, 0.4) is 0 Å². The van der Waals surface area contributed by atoms with Gasteiger partial charge in [-0.05, 0) is 25.5 Å². The first kappa shape index (κ1) is 16.7. The summed E-state index contributed by atoms with van der Waals surface area (Å²) in [5, 5.41) is 0. The number of rotatable bonds is 4. The SMILES string of the molecule is CCN(CC)C(N)=NCc1ccccc1Br.I. The highest BCUT2D eigenvalue weighted by molar-refractivity contribution is 14.0. The quantitative estimate of drug-likeness (QED) is 0.469. The smallest absolute Gasteiger partial charge is 0.191 e. The van der Waals surface area contributed by atoms with Crippen molar-refractivity contribution in [2.45, 2.75) is 20.4 Å². The average molecular weight is 412 g/mol. The van der Waals surface area contributed by atoms with Crippen LogP contribution in [0.25, 0.3) is 0 Å². The lowest BCUT2D eigenvalue weighted by atomic mass is 10.2. The Bertz CT molecular complexity index is 365. The van der Waals surface area contributed by atoms with Gasteiger partial charge < -0.3 is 10.6 Å². The summed E-state index contributed by atoms with van der Waals surface area (Å²) >= 11 is 3.49. The van der Waals surface area contributed by atoms with Gasteiger partial charge in [-0.1, -0.05) is 34.1 Å². The number of hydrogen-bond acceptors (Lipinski definition) is 1. The zero-order valence-electron chi connectivity index (χ0n) is 10.2. The van der Waals surface area contributed by atoms with E-state index >= 15 is 0 Å². The normalized spacial score (nSPS) is 10.9. The Kier molecular flexibility index (Phi) is 8.59. The summed E-state index contributed by atoms with van der Waals surface area (Å²) in [5.74, 6) is 0.612. The molecule has 0 heterocycles. The van der Waals surface area contributed by atoms with Crippen molar-refractivity contribution in [1.29, 1.82) is 0 Å². The van der Waals surface area contributed by atoms with E-state index in [2.05, 4.69) is 34.8 Å². The van der Waals surface area contributed by atoms with Gasteiger partial charge in [0.15, 0.2) is 5.96 Å². The van der Waals surface area contributed by atoms with Gasteiger partial charge in [0.1, 0.15) is 0 Å². The van der Waals surface area contributed by atoms with Crippen molar-refractivity contribution in [3.8, 4) is 0 Å². The summed E-state index contributed by atoms with van der Waals surface area (Å²) in [4.78, 5) is 6.43. The van der Waals surface area contributed by atoms with Gasteiger partial charge in [-0.15, -0.1) is 24.0 Å². The topological polar surface area (TPSA) is 41.6 Å². The molecule has 0 aliphatic rings. The minimum Gasteiger partial charge on any atom is -0.370 e. The van der Waals surface area contributed by atoms with Gasteiger partial charge in [0, 0.05) is 17.6 Å². The molecule has 96 valence electrons. The molecule has 17 heavy (non-hydrogen) atoms. The van der Waals surface area contributed by atoms with Crippen LogP contribution in [0, 0.1) is 0 Å². The van der Waals surface area contributed by atoms with Gasteiger partial charge in [-0.3, -0.25) is 0 Å². The Morgan fingerprint density at radius 3 is 2.41 bits per heavy atom. The van der Waals surface area contributed by atoms with Crippen LogP contribution in [0.4, 0.5) is 0 Å². The molecule has 0 fully saturated rings. The van der Waals surface area contributed by atoms with Crippen LogP contribution < -0.4 is 5.73 Å². The number of guanidine groups is 1. The molecule has 5 heteroatoms. The molecule has 0 aliphatic carbocycles. The molecule has 0 saturated carbocycles. The van der Waals surface area contributed by atoms with Crippen LogP contribution in [0.2, 0.25) is 0 Å². The summed E-state index contributed by atoms with van der Waals surface area (Å²) in [5.41, 5.74) is 7.05. The van der Waals surface area contributed by atoms with Crippen molar-refractivity contribution in [2.24, 2.45) is 10.7 Å². The zero-order chi connectivity index (χ0) is 12.0. The standard InChI is InChI=1S/C12H18BrN3.HI/c1-3-16(4-2)12(14)15-9-10-7-5-6-8-11(10)13;/h5-8H,3-4,9H2,1-2H3,(H2,14,15);1H.